The van der Waals surface area contributed by atoms with Crippen LogP contribution in [0.3, 0.4) is 0 Å². The molecule has 0 aliphatic rings. The van der Waals surface area contributed by atoms with Crippen molar-refractivity contribution in [1.82, 2.24) is 0 Å². The van der Waals surface area contributed by atoms with Gasteiger partial charge in [0.25, 0.3) is 0 Å². The highest BCUT2D eigenvalue weighted by Crippen LogP contribution is 2.22. The summed E-state index contributed by atoms with van der Waals surface area (Å²) in [5, 5.41) is 0. The maximum atomic E-state index is 2.33. The lowest BCUT2D eigenvalue weighted by molar-refractivity contribution is 0.338. The van der Waals surface area contributed by atoms with Gasteiger partial charge in [0, 0.05) is 0 Å². The molecule has 0 heteroatoms. The topological polar surface area (TPSA) is 0 Å². The fourth-order valence-electron chi connectivity index (χ4n) is 4.33. The maximum Gasteiger partial charge on any atom is -0.0359 e. The Morgan fingerprint density at radius 3 is 0.759 bits per heavy atom. The number of unbranched alkanes of at least 4 members (excludes halogenated alkanes) is 12. The monoisotopic (exact) mass is 773 g/mol. The molecule has 0 fully saturated rings. The molecule has 0 heterocycles. The molecular formula is C54H124. The van der Waals surface area contributed by atoms with Gasteiger partial charge in [-0.05, 0) is 29.1 Å². The number of rotatable bonds is 24. The quantitative estimate of drug-likeness (QED) is 0.0857. The zero-order chi connectivity index (χ0) is 43.9. The number of hydrogen-bond acceptors (Lipinski definition) is 0. The molecule has 0 aliphatic heterocycles. The Hall–Kier alpha value is 0. The summed E-state index contributed by atoms with van der Waals surface area (Å²) in [7, 11) is 0. The average molecular weight is 774 g/mol. The van der Waals surface area contributed by atoms with Crippen molar-refractivity contribution in [3.63, 3.8) is 0 Å². The van der Waals surface area contributed by atoms with Crippen molar-refractivity contribution in [2.45, 2.75) is 326 Å². The minimum Gasteiger partial charge on any atom is -0.0654 e. The molecule has 2 unspecified atom stereocenters. The molecule has 0 saturated heterocycles. The summed E-state index contributed by atoms with van der Waals surface area (Å²) in [6, 6.07) is 0. The van der Waals surface area contributed by atoms with Gasteiger partial charge in [-0.15, -0.1) is 0 Å². The van der Waals surface area contributed by atoms with Crippen LogP contribution >= 0.6 is 0 Å². The second kappa shape index (κ2) is 70.8. The van der Waals surface area contributed by atoms with Crippen molar-refractivity contribution in [1.29, 1.82) is 0 Å². The molecule has 0 spiro atoms. The van der Waals surface area contributed by atoms with Crippen LogP contribution in [0.4, 0.5) is 0 Å². The third-order valence-electron chi connectivity index (χ3n) is 10.8. The zero-order valence-corrected chi connectivity index (χ0v) is 43.9. The molecule has 0 aliphatic carbocycles. The standard InChI is InChI=1S/2C8H18.3C7H16.2C6H14.C5H12/c1-4-5-6-7-8(2)3;1-4-6-7-8(3)5-2;1-5-7(3,4)6-2;1-4-6-7(3)5-2;1-3-5-7-6-4-2;1-4-6(3)5-2;1-3-5-6-4-2;1-3-5-4-2/h2*8H,4-7H2,1-3H3;5-6H2,1-4H3;7H,4-6H2,1-3H3;3-7H2,1-2H3;6H,4-5H2,1-3H3;3-6H2,1-2H3;3-5H2,1-2H3. The SMILES string of the molecule is CCC(C)(C)CC.CCC(C)CC.CCCC(C)CC.CCCCC.CCCCC(C)CC.CCCCCC.CCCCCC(C)C.CCCCCCC. The van der Waals surface area contributed by atoms with E-state index < -0.39 is 0 Å². The largest absolute Gasteiger partial charge is 0.0654 e. The van der Waals surface area contributed by atoms with Crippen molar-refractivity contribution in [2.75, 3.05) is 0 Å². The van der Waals surface area contributed by atoms with E-state index in [0.717, 1.165) is 23.7 Å². The van der Waals surface area contributed by atoms with Crippen LogP contribution in [0.15, 0.2) is 0 Å². The van der Waals surface area contributed by atoms with Crippen LogP contribution in [0.25, 0.3) is 0 Å². The summed E-state index contributed by atoms with van der Waals surface area (Å²) in [5.74, 6) is 3.74. The molecule has 0 amide bonds. The van der Waals surface area contributed by atoms with E-state index >= 15 is 0 Å². The summed E-state index contributed by atoms with van der Waals surface area (Å²) in [5.41, 5.74) is 0.583. The van der Waals surface area contributed by atoms with E-state index in [1.807, 2.05) is 0 Å². The second-order valence-corrected chi connectivity index (χ2v) is 17.8. The molecule has 0 bridgehead atoms. The molecule has 0 aromatic rings. The van der Waals surface area contributed by atoms with Gasteiger partial charge in [-0.2, -0.15) is 0 Å². The van der Waals surface area contributed by atoms with Crippen molar-refractivity contribution in [2.24, 2.45) is 29.1 Å². The molecule has 54 heavy (non-hydrogen) atoms. The van der Waals surface area contributed by atoms with Gasteiger partial charge in [0.05, 0.1) is 0 Å². The first kappa shape index (κ1) is 71.7. The molecule has 2 atom stereocenters. The van der Waals surface area contributed by atoms with Crippen LogP contribution in [-0.4, -0.2) is 0 Å². The molecule has 0 radical (unpaired) electrons. The summed E-state index contributed by atoms with van der Waals surface area (Å²) < 4.78 is 0. The van der Waals surface area contributed by atoms with Crippen molar-refractivity contribution in [3.8, 4) is 0 Å². The summed E-state index contributed by atoms with van der Waals surface area (Å²) in [6.45, 7) is 49.7. The summed E-state index contributed by atoms with van der Waals surface area (Å²) in [6.07, 6.45) is 37.1. The minimum absolute atomic E-state index is 0.583. The van der Waals surface area contributed by atoms with Crippen LogP contribution < -0.4 is 0 Å². The Morgan fingerprint density at radius 2 is 0.574 bits per heavy atom. The molecule has 0 aromatic heterocycles. The van der Waals surface area contributed by atoms with Gasteiger partial charge in [0.1, 0.15) is 0 Å². The Labute approximate surface area is 353 Å². The van der Waals surface area contributed by atoms with Crippen LogP contribution in [0.5, 0.6) is 0 Å². The van der Waals surface area contributed by atoms with E-state index in [-0.39, 0.29) is 0 Å². The van der Waals surface area contributed by atoms with Gasteiger partial charge >= 0.3 is 0 Å². The van der Waals surface area contributed by atoms with Gasteiger partial charge in [-0.25, -0.2) is 0 Å². The molecular weight excluding hydrogens is 649 g/mol. The van der Waals surface area contributed by atoms with E-state index in [0.29, 0.717) is 5.41 Å². The summed E-state index contributed by atoms with van der Waals surface area (Å²) in [4.78, 5) is 0. The Kier molecular flexibility index (Phi) is 93.9. The molecule has 340 valence electrons. The maximum absolute atomic E-state index is 2.33. The van der Waals surface area contributed by atoms with Crippen molar-refractivity contribution < 1.29 is 0 Å². The van der Waals surface area contributed by atoms with E-state index in [1.54, 1.807) is 0 Å². The van der Waals surface area contributed by atoms with Crippen LogP contribution in [0.1, 0.15) is 326 Å². The smallest absolute Gasteiger partial charge is 0.0359 e. The highest BCUT2D eigenvalue weighted by atomic mass is 14.2. The van der Waals surface area contributed by atoms with E-state index in [9.17, 15) is 0 Å². The highest BCUT2D eigenvalue weighted by molar-refractivity contribution is 4.61. The number of hydrogen-bond donors (Lipinski definition) is 0. The van der Waals surface area contributed by atoms with E-state index in [1.165, 1.54) is 173 Å². The summed E-state index contributed by atoms with van der Waals surface area (Å²) >= 11 is 0. The van der Waals surface area contributed by atoms with Gasteiger partial charge in [-0.3, -0.25) is 0 Å². The third kappa shape index (κ3) is 110. The predicted molar refractivity (Wildman–Crippen MR) is 266 cm³/mol. The molecule has 0 aromatic carbocycles. The first-order valence-electron chi connectivity index (χ1n) is 25.6. The lowest BCUT2D eigenvalue weighted by atomic mass is 9.88. The van der Waals surface area contributed by atoms with E-state index in [2.05, 4.69) is 152 Å². The normalized spacial score (nSPS) is 11.1. The van der Waals surface area contributed by atoms with Crippen molar-refractivity contribution in [3.05, 3.63) is 0 Å². The van der Waals surface area contributed by atoms with Crippen molar-refractivity contribution >= 4 is 0 Å². The van der Waals surface area contributed by atoms with Gasteiger partial charge in [0.15, 0.2) is 0 Å². The average Bonchev–Trinajstić information content (AvgIpc) is 3.18. The fraction of sp³-hybridized carbons (Fsp3) is 1.00. The molecule has 0 nitrogen and oxygen atoms in total. The van der Waals surface area contributed by atoms with Crippen LogP contribution in [0.2, 0.25) is 0 Å². The van der Waals surface area contributed by atoms with Crippen LogP contribution in [0, 0.1) is 29.1 Å². The second-order valence-electron chi connectivity index (χ2n) is 17.8. The Morgan fingerprint density at radius 1 is 0.278 bits per heavy atom. The first-order valence-corrected chi connectivity index (χ1v) is 25.6. The third-order valence-corrected chi connectivity index (χ3v) is 10.8. The Bertz CT molecular complexity index is 468. The molecule has 0 saturated carbocycles. The van der Waals surface area contributed by atoms with Crippen LogP contribution in [-0.2, 0) is 0 Å². The van der Waals surface area contributed by atoms with Gasteiger partial charge < -0.3 is 0 Å². The first-order chi connectivity index (χ1) is 25.6. The highest BCUT2D eigenvalue weighted by Gasteiger charge is 2.09. The van der Waals surface area contributed by atoms with Gasteiger partial charge in [-0.1, -0.05) is 326 Å². The minimum atomic E-state index is 0.583. The lowest BCUT2D eigenvalue weighted by Gasteiger charge is -2.18. The predicted octanol–water partition coefficient (Wildman–Crippen LogP) is 22.3. The zero-order valence-electron chi connectivity index (χ0n) is 43.9. The molecule has 0 N–H and O–H groups in total. The van der Waals surface area contributed by atoms with Gasteiger partial charge in [0.2, 0.25) is 0 Å². The lowest BCUT2D eigenvalue weighted by Crippen LogP contribution is -2.05. The molecule has 0 rings (SSSR count). The fourth-order valence-corrected chi connectivity index (χ4v) is 4.33. The Balaban J connectivity index is -0.0000000749. The van der Waals surface area contributed by atoms with E-state index in [4.69, 9.17) is 0 Å².